The molecule has 0 bridgehead atoms. The van der Waals surface area contributed by atoms with Crippen molar-refractivity contribution in [1.82, 2.24) is 19.5 Å². The van der Waals surface area contributed by atoms with Crippen molar-refractivity contribution in [3.05, 3.63) is 66.6 Å². The molecule has 2 aromatic heterocycles. The number of alkyl halides is 2. The van der Waals surface area contributed by atoms with Gasteiger partial charge in [-0.25, -0.2) is 15.0 Å². The van der Waals surface area contributed by atoms with Gasteiger partial charge in [-0.1, -0.05) is 26.0 Å². The minimum absolute atomic E-state index is 0.0950. The molecule has 4 rings (SSSR count). The maximum Gasteiger partial charge on any atom is 0.387 e. The van der Waals surface area contributed by atoms with Gasteiger partial charge in [0.05, 0.1) is 11.0 Å². The van der Waals surface area contributed by atoms with Gasteiger partial charge in [0.2, 0.25) is 0 Å². The van der Waals surface area contributed by atoms with Gasteiger partial charge in [0.25, 0.3) is 0 Å². The largest absolute Gasteiger partial charge is 0.435 e. The summed E-state index contributed by atoms with van der Waals surface area (Å²) in [6, 6.07) is 16.0. The third-order valence-electron chi connectivity index (χ3n) is 4.31. The fourth-order valence-electron chi connectivity index (χ4n) is 3.07. The first-order valence-corrected chi connectivity index (χ1v) is 8.89. The van der Waals surface area contributed by atoms with E-state index < -0.39 is 6.61 Å². The van der Waals surface area contributed by atoms with E-state index in [-0.39, 0.29) is 11.7 Å². The molecule has 0 radical (unpaired) electrons. The molecule has 0 atom stereocenters. The molecule has 0 N–H and O–H groups in total. The Bertz CT molecular complexity index is 1110. The molecule has 0 saturated heterocycles. The topological polar surface area (TPSA) is 52.8 Å². The molecule has 0 spiro atoms. The molecule has 2 aromatic carbocycles. The molecular weight excluding hydrogens is 362 g/mol. The minimum atomic E-state index is -2.85. The number of halogens is 2. The highest BCUT2D eigenvalue weighted by Gasteiger charge is 2.16. The minimum Gasteiger partial charge on any atom is -0.435 e. The van der Waals surface area contributed by atoms with Crippen LogP contribution in [0, 0.1) is 0 Å². The number of ether oxygens (including phenoxy) is 1. The number of benzene rings is 2. The summed E-state index contributed by atoms with van der Waals surface area (Å²) in [7, 11) is 0. The van der Waals surface area contributed by atoms with Crippen molar-refractivity contribution in [2.75, 3.05) is 0 Å². The number of rotatable bonds is 5. The van der Waals surface area contributed by atoms with Crippen LogP contribution in [-0.2, 0) is 0 Å². The van der Waals surface area contributed by atoms with Crippen LogP contribution >= 0.6 is 0 Å². The zero-order valence-corrected chi connectivity index (χ0v) is 15.4. The Morgan fingerprint density at radius 2 is 1.68 bits per heavy atom. The summed E-state index contributed by atoms with van der Waals surface area (Å²) in [6.45, 7) is 1.32. The molecule has 0 amide bonds. The average Bonchev–Trinajstić information content (AvgIpc) is 3.08. The summed E-state index contributed by atoms with van der Waals surface area (Å²) in [5.74, 6) is 2.41. The zero-order valence-electron chi connectivity index (χ0n) is 15.4. The molecule has 28 heavy (non-hydrogen) atoms. The Kier molecular flexibility index (Phi) is 4.73. The van der Waals surface area contributed by atoms with Crippen molar-refractivity contribution in [3.63, 3.8) is 0 Å². The van der Waals surface area contributed by atoms with Gasteiger partial charge in [-0.2, -0.15) is 8.78 Å². The van der Waals surface area contributed by atoms with Crippen molar-refractivity contribution in [2.45, 2.75) is 26.4 Å². The van der Waals surface area contributed by atoms with E-state index in [1.807, 2.05) is 34.9 Å². The number of hydrogen-bond donors (Lipinski definition) is 0. The van der Waals surface area contributed by atoms with Crippen LogP contribution in [0.3, 0.4) is 0 Å². The Morgan fingerprint density at radius 3 is 2.39 bits per heavy atom. The number of para-hydroxylation sites is 2. The van der Waals surface area contributed by atoms with Gasteiger partial charge in [0, 0.05) is 17.7 Å². The summed E-state index contributed by atoms with van der Waals surface area (Å²) >= 11 is 0. The fraction of sp³-hybridized carbons (Fsp3) is 0.190. The molecule has 2 heterocycles. The number of hydrogen-bond acceptors (Lipinski definition) is 4. The second kappa shape index (κ2) is 7.34. The Labute approximate surface area is 160 Å². The Balaban J connectivity index is 1.78. The predicted molar refractivity (Wildman–Crippen MR) is 103 cm³/mol. The monoisotopic (exact) mass is 380 g/mol. The van der Waals surface area contributed by atoms with Gasteiger partial charge < -0.3 is 4.74 Å². The van der Waals surface area contributed by atoms with E-state index in [9.17, 15) is 8.78 Å². The third kappa shape index (κ3) is 3.43. The Morgan fingerprint density at radius 1 is 0.929 bits per heavy atom. The first kappa shape index (κ1) is 18.0. The maximum absolute atomic E-state index is 12.3. The highest BCUT2D eigenvalue weighted by atomic mass is 19.3. The smallest absolute Gasteiger partial charge is 0.387 e. The summed E-state index contributed by atoms with van der Waals surface area (Å²) in [5.41, 5.74) is 2.58. The normalized spacial score (nSPS) is 11.5. The van der Waals surface area contributed by atoms with Crippen LogP contribution in [0.25, 0.3) is 28.2 Å². The van der Waals surface area contributed by atoms with E-state index >= 15 is 0 Å². The molecule has 0 aliphatic heterocycles. The van der Waals surface area contributed by atoms with E-state index in [1.165, 1.54) is 12.1 Å². The summed E-state index contributed by atoms with van der Waals surface area (Å²) < 4.78 is 31.1. The lowest BCUT2D eigenvalue weighted by molar-refractivity contribution is -0.0498. The molecular formula is C21H18F2N4O. The highest BCUT2D eigenvalue weighted by Crippen LogP contribution is 2.26. The number of aromatic nitrogens is 4. The fourth-order valence-corrected chi connectivity index (χ4v) is 3.07. The van der Waals surface area contributed by atoms with Crippen molar-refractivity contribution >= 4 is 11.0 Å². The quantitative estimate of drug-likeness (QED) is 0.477. The molecule has 0 saturated carbocycles. The SMILES string of the molecule is CC(C)c1nc2ccccc2n1-c1ccnc(-c2ccc(OC(F)F)cc2)n1. The van der Waals surface area contributed by atoms with Gasteiger partial charge in [0.15, 0.2) is 5.82 Å². The van der Waals surface area contributed by atoms with Crippen LogP contribution in [-0.4, -0.2) is 26.1 Å². The van der Waals surface area contributed by atoms with Crippen LogP contribution in [0.2, 0.25) is 0 Å². The van der Waals surface area contributed by atoms with Crippen molar-refractivity contribution in [2.24, 2.45) is 0 Å². The summed E-state index contributed by atoms with van der Waals surface area (Å²) in [4.78, 5) is 13.8. The van der Waals surface area contributed by atoms with Crippen LogP contribution in [0.1, 0.15) is 25.6 Å². The van der Waals surface area contributed by atoms with Crippen molar-refractivity contribution in [3.8, 4) is 23.0 Å². The summed E-state index contributed by atoms with van der Waals surface area (Å²) in [6.07, 6.45) is 1.68. The second-order valence-electron chi connectivity index (χ2n) is 6.59. The molecule has 5 nitrogen and oxygen atoms in total. The lowest BCUT2D eigenvalue weighted by Gasteiger charge is -2.12. The average molecular weight is 380 g/mol. The molecule has 4 aromatic rings. The van der Waals surface area contributed by atoms with Gasteiger partial charge in [-0.15, -0.1) is 0 Å². The molecule has 142 valence electrons. The Hall–Kier alpha value is -3.35. The van der Waals surface area contributed by atoms with Gasteiger partial charge in [-0.05, 0) is 42.5 Å². The summed E-state index contributed by atoms with van der Waals surface area (Å²) in [5, 5.41) is 0. The third-order valence-corrected chi connectivity index (χ3v) is 4.31. The van der Waals surface area contributed by atoms with E-state index in [1.54, 1.807) is 18.3 Å². The van der Waals surface area contributed by atoms with Crippen LogP contribution in [0.4, 0.5) is 8.78 Å². The first-order valence-electron chi connectivity index (χ1n) is 8.89. The lowest BCUT2D eigenvalue weighted by atomic mass is 10.2. The molecule has 7 heteroatoms. The second-order valence-corrected chi connectivity index (χ2v) is 6.59. The van der Waals surface area contributed by atoms with Crippen molar-refractivity contribution in [1.29, 1.82) is 0 Å². The van der Waals surface area contributed by atoms with E-state index in [2.05, 4.69) is 23.6 Å². The number of fused-ring (bicyclic) bond motifs is 1. The predicted octanol–water partition coefficient (Wildman–Crippen LogP) is 5.21. The van der Waals surface area contributed by atoms with E-state index in [0.29, 0.717) is 17.2 Å². The van der Waals surface area contributed by atoms with Gasteiger partial charge in [0.1, 0.15) is 17.4 Å². The van der Waals surface area contributed by atoms with Crippen LogP contribution in [0.15, 0.2) is 60.8 Å². The van der Waals surface area contributed by atoms with Crippen molar-refractivity contribution < 1.29 is 13.5 Å². The molecule has 0 unspecified atom stereocenters. The highest BCUT2D eigenvalue weighted by molar-refractivity contribution is 5.78. The van der Waals surface area contributed by atoms with Crippen LogP contribution in [0.5, 0.6) is 5.75 Å². The van der Waals surface area contributed by atoms with E-state index in [0.717, 1.165) is 16.9 Å². The van der Waals surface area contributed by atoms with Gasteiger partial charge >= 0.3 is 6.61 Å². The van der Waals surface area contributed by atoms with Crippen LogP contribution < -0.4 is 4.74 Å². The van der Waals surface area contributed by atoms with E-state index in [4.69, 9.17) is 9.97 Å². The number of imidazole rings is 1. The number of nitrogens with zero attached hydrogens (tertiary/aromatic N) is 4. The van der Waals surface area contributed by atoms with Gasteiger partial charge in [-0.3, -0.25) is 4.57 Å². The molecule has 0 aliphatic carbocycles. The molecule has 0 fully saturated rings. The lowest BCUT2D eigenvalue weighted by Crippen LogP contribution is -2.06. The zero-order chi connectivity index (χ0) is 19.7. The first-order chi connectivity index (χ1) is 13.5. The maximum atomic E-state index is 12.3. The molecule has 0 aliphatic rings. The standard InChI is InChI=1S/C21H18F2N4O/c1-13(2)20-25-16-5-3-4-6-17(16)27(20)18-11-12-24-19(26-18)14-7-9-15(10-8-14)28-21(22)23/h3-13,21H,1-2H3.